The van der Waals surface area contributed by atoms with Gasteiger partial charge in [0.1, 0.15) is 0 Å². The minimum atomic E-state index is -0.449. The lowest BCUT2D eigenvalue weighted by Gasteiger charge is -2.05. The van der Waals surface area contributed by atoms with Gasteiger partial charge in [-0.1, -0.05) is 0 Å². The van der Waals surface area contributed by atoms with Gasteiger partial charge in [0, 0.05) is 24.8 Å². The minimum absolute atomic E-state index is 0.121. The smallest absolute Gasteiger partial charge is 0.264 e. The van der Waals surface area contributed by atoms with Gasteiger partial charge < -0.3 is 16.0 Å². The van der Waals surface area contributed by atoms with Crippen molar-refractivity contribution in [3.8, 4) is 0 Å². The number of carbonyl (C=O) groups excluding carboxylic acids is 1. The van der Waals surface area contributed by atoms with Crippen molar-refractivity contribution in [1.29, 1.82) is 0 Å². The number of nitrogens with two attached hydrogens (primary N) is 2. The van der Waals surface area contributed by atoms with Crippen molar-refractivity contribution in [1.82, 2.24) is 4.57 Å². The number of nitrogens with zero attached hydrogens (tertiary/aromatic N) is 1. The van der Waals surface area contributed by atoms with E-state index in [1.807, 2.05) is 0 Å². The number of carbonyl (C=O) groups is 1. The van der Waals surface area contributed by atoms with Crippen molar-refractivity contribution in [2.24, 2.45) is 5.73 Å². The highest BCUT2D eigenvalue weighted by atomic mass is 79.9. The number of pyridine rings is 1. The fourth-order valence-corrected chi connectivity index (χ4v) is 1.51. The van der Waals surface area contributed by atoms with Gasteiger partial charge in [0.05, 0.1) is 4.47 Å². The van der Waals surface area contributed by atoms with Crippen LogP contribution in [0.2, 0.25) is 0 Å². The normalized spacial score (nSPS) is 10.1. The molecule has 5 nitrogen and oxygen atoms in total. The molecule has 76 valence electrons. The van der Waals surface area contributed by atoms with Crippen LogP contribution in [0.1, 0.15) is 6.42 Å². The Labute approximate surface area is 88.8 Å². The summed E-state index contributed by atoms with van der Waals surface area (Å²) < 4.78 is 1.73. The maximum absolute atomic E-state index is 11.4. The molecule has 0 spiro atoms. The van der Waals surface area contributed by atoms with E-state index in [0.29, 0.717) is 10.2 Å². The highest BCUT2D eigenvalue weighted by Crippen LogP contribution is 2.08. The van der Waals surface area contributed by atoms with Crippen LogP contribution in [0.25, 0.3) is 0 Å². The third-order valence-corrected chi connectivity index (χ3v) is 2.23. The summed E-state index contributed by atoms with van der Waals surface area (Å²) in [4.78, 5) is 22.0. The van der Waals surface area contributed by atoms with Gasteiger partial charge in [0.2, 0.25) is 5.91 Å². The highest BCUT2D eigenvalue weighted by Gasteiger charge is 2.03. The van der Waals surface area contributed by atoms with Gasteiger partial charge in [-0.3, -0.25) is 9.59 Å². The average Bonchev–Trinajstić information content (AvgIpc) is 2.08. The van der Waals surface area contributed by atoms with Gasteiger partial charge in [-0.15, -0.1) is 0 Å². The topological polar surface area (TPSA) is 91.1 Å². The van der Waals surface area contributed by atoms with E-state index in [4.69, 9.17) is 11.5 Å². The molecule has 4 N–H and O–H groups in total. The Bertz CT molecular complexity index is 414. The molecule has 0 fully saturated rings. The summed E-state index contributed by atoms with van der Waals surface area (Å²) in [5.74, 6) is -0.449. The molecule has 0 bridgehead atoms. The first kappa shape index (κ1) is 10.8. The van der Waals surface area contributed by atoms with E-state index in [1.165, 1.54) is 16.8 Å². The van der Waals surface area contributed by atoms with Crippen LogP contribution in [0.4, 0.5) is 5.69 Å². The number of aromatic nitrogens is 1. The molecule has 0 saturated heterocycles. The van der Waals surface area contributed by atoms with Gasteiger partial charge in [-0.25, -0.2) is 0 Å². The minimum Gasteiger partial charge on any atom is -0.398 e. The molecule has 1 aromatic heterocycles. The number of hydrogen-bond acceptors (Lipinski definition) is 3. The van der Waals surface area contributed by atoms with E-state index in [1.54, 1.807) is 0 Å². The molecule has 0 unspecified atom stereocenters. The lowest BCUT2D eigenvalue weighted by Crippen LogP contribution is -2.23. The Balaban J connectivity index is 2.97. The predicted molar refractivity (Wildman–Crippen MR) is 56.6 cm³/mol. The predicted octanol–water partition coefficient (Wildman–Crippen LogP) is 0.0684. The van der Waals surface area contributed by atoms with E-state index in [2.05, 4.69) is 15.9 Å². The van der Waals surface area contributed by atoms with Crippen molar-refractivity contribution < 1.29 is 4.79 Å². The zero-order valence-electron chi connectivity index (χ0n) is 7.37. The molecule has 1 aromatic rings. The van der Waals surface area contributed by atoms with Crippen LogP contribution < -0.4 is 17.0 Å². The first-order chi connectivity index (χ1) is 6.50. The molecule has 0 aliphatic heterocycles. The number of primary amides is 1. The van der Waals surface area contributed by atoms with Crippen molar-refractivity contribution in [2.75, 3.05) is 5.73 Å². The molecule has 0 aliphatic carbocycles. The quantitative estimate of drug-likeness (QED) is 0.805. The van der Waals surface area contributed by atoms with Gasteiger partial charge in [-0.05, 0) is 22.0 Å². The van der Waals surface area contributed by atoms with Crippen LogP contribution in [0.15, 0.2) is 21.5 Å². The van der Waals surface area contributed by atoms with Crippen molar-refractivity contribution >= 4 is 27.5 Å². The Hall–Kier alpha value is -1.30. The summed E-state index contributed by atoms with van der Waals surface area (Å²) in [5, 5.41) is 0. The summed E-state index contributed by atoms with van der Waals surface area (Å²) in [6, 6.07) is 1.52. The van der Waals surface area contributed by atoms with Gasteiger partial charge in [-0.2, -0.15) is 0 Å². The van der Waals surface area contributed by atoms with E-state index in [-0.39, 0.29) is 18.5 Å². The monoisotopic (exact) mass is 259 g/mol. The van der Waals surface area contributed by atoms with Crippen molar-refractivity contribution in [3.05, 3.63) is 27.1 Å². The van der Waals surface area contributed by atoms with Crippen LogP contribution >= 0.6 is 15.9 Å². The molecule has 1 amide bonds. The molecule has 0 aromatic carbocycles. The zero-order chi connectivity index (χ0) is 10.7. The Morgan fingerprint density at radius 3 is 2.79 bits per heavy atom. The number of rotatable bonds is 3. The number of amides is 1. The summed E-state index contributed by atoms with van der Waals surface area (Å²) in [6.07, 6.45) is 1.60. The number of halogens is 1. The molecule has 0 aliphatic rings. The fraction of sp³-hybridized carbons (Fsp3) is 0.250. The first-order valence-electron chi connectivity index (χ1n) is 3.94. The van der Waals surface area contributed by atoms with E-state index < -0.39 is 5.91 Å². The fourth-order valence-electron chi connectivity index (χ4n) is 1.02. The lowest BCUT2D eigenvalue weighted by molar-refractivity contribution is -0.118. The number of nitrogen functional groups attached to an aromatic ring is 1. The largest absolute Gasteiger partial charge is 0.398 e. The van der Waals surface area contributed by atoms with Gasteiger partial charge in [0.25, 0.3) is 5.56 Å². The van der Waals surface area contributed by atoms with E-state index >= 15 is 0 Å². The Morgan fingerprint density at radius 2 is 2.21 bits per heavy atom. The molecule has 0 atom stereocenters. The molecule has 1 heterocycles. The van der Waals surface area contributed by atoms with Crippen LogP contribution in [0, 0.1) is 0 Å². The summed E-state index contributed by atoms with van der Waals surface area (Å²) in [6.45, 7) is 0.248. The van der Waals surface area contributed by atoms with Crippen molar-refractivity contribution in [3.63, 3.8) is 0 Å². The molecule has 6 heteroatoms. The van der Waals surface area contributed by atoms with Crippen LogP contribution in [-0.4, -0.2) is 10.5 Å². The van der Waals surface area contributed by atoms with E-state index in [0.717, 1.165) is 0 Å². The third-order valence-electron chi connectivity index (χ3n) is 1.66. The maximum Gasteiger partial charge on any atom is 0.264 e. The summed E-state index contributed by atoms with van der Waals surface area (Å²) >= 11 is 3.07. The van der Waals surface area contributed by atoms with Gasteiger partial charge in [0.15, 0.2) is 0 Å². The highest BCUT2D eigenvalue weighted by molar-refractivity contribution is 9.10. The average molecular weight is 260 g/mol. The second kappa shape index (κ2) is 4.28. The van der Waals surface area contributed by atoms with Crippen LogP contribution in [0.3, 0.4) is 0 Å². The molecule has 0 radical (unpaired) electrons. The number of anilines is 1. The summed E-state index contributed by atoms with van der Waals surface area (Å²) in [7, 11) is 0. The Morgan fingerprint density at radius 1 is 1.57 bits per heavy atom. The third kappa shape index (κ3) is 2.59. The molecular formula is C8H10BrN3O2. The number of hydrogen-bond donors (Lipinski definition) is 2. The molecule has 0 saturated carbocycles. The van der Waals surface area contributed by atoms with E-state index in [9.17, 15) is 9.59 Å². The van der Waals surface area contributed by atoms with Crippen LogP contribution in [0.5, 0.6) is 0 Å². The molecule has 1 rings (SSSR count). The summed E-state index contributed by atoms with van der Waals surface area (Å²) in [5.41, 5.74) is 10.7. The van der Waals surface area contributed by atoms with Crippen molar-refractivity contribution in [2.45, 2.75) is 13.0 Å². The van der Waals surface area contributed by atoms with Crippen LogP contribution in [-0.2, 0) is 11.3 Å². The second-order valence-corrected chi connectivity index (χ2v) is 3.69. The maximum atomic E-state index is 11.4. The SMILES string of the molecule is NC(=O)CCn1cc(N)cc(Br)c1=O. The standard InChI is InChI=1S/C8H10BrN3O2/c9-6-3-5(10)4-12(8(6)14)2-1-7(11)13/h3-4H,1-2,10H2,(H2,11,13). The molecule has 14 heavy (non-hydrogen) atoms. The number of aryl methyl sites for hydroxylation is 1. The zero-order valence-corrected chi connectivity index (χ0v) is 8.95. The lowest BCUT2D eigenvalue weighted by atomic mass is 10.3. The van der Waals surface area contributed by atoms with Gasteiger partial charge >= 0.3 is 0 Å². The Kier molecular flexibility index (Phi) is 3.29. The first-order valence-corrected chi connectivity index (χ1v) is 4.74. The second-order valence-electron chi connectivity index (χ2n) is 2.84. The molecular weight excluding hydrogens is 250 g/mol.